The van der Waals surface area contributed by atoms with Gasteiger partial charge in [-0.25, -0.2) is 0 Å². The predicted molar refractivity (Wildman–Crippen MR) is 77.1 cm³/mol. The second kappa shape index (κ2) is 3.50. The van der Waals surface area contributed by atoms with Gasteiger partial charge in [0.05, 0.1) is 11.6 Å². The first-order valence-corrected chi connectivity index (χ1v) is 7.21. The monoisotopic (exact) mass is 251 g/mol. The molecule has 96 valence electrons. The minimum atomic E-state index is 0.490. The maximum absolute atomic E-state index is 3.66. The molecule has 0 spiro atoms. The van der Waals surface area contributed by atoms with Gasteiger partial charge in [-0.15, -0.1) is 0 Å². The van der Waals surface area contributed by atoms with Crippen LogP contribution in [0, 0.1) is 0 Å². The fourth-order valence-corrected chi connectivity index (χ4v) is 4.15. The van der Waals surface area contributed by atoms with Crippen molar-refractivity contribution >= 4 is 17.1 Å². The van der Waals surface area contributed by atoms with Crippen LogP contribution >= 0.6 is 0 Å². The minimum absolute atomic E-state index is 0.490. The molecule has 0 radical (unpaired) electrons. The van der Waals surface area contributed by atoms with Gasteiger partial charge in [-0.2, -0.15) is 0 Å². The van der Waals surface area contributed by atoms with E-state index in [0.717, 1.165) is 6.54 Å². The molecular formula is C16H17N3. The number of hydrogen-bond acceptors (Lipinski definition) is 2. The molecule has 2 atom stereocenters. The summed E-state index contributed by atoms with van der Waals surface area (Å²) in [5.74, 6) is 0. The second-order valence-corrected chi connectivity index (χ2v) is 5.80. The van der Waals surface area contributed by atoms with E-state index in [-0.39, 0.29) is 0 Å². The number of benzene rings is 1. The van der Waals surface area contributed by atoms with Crippen LogP contribution in [0.2, 0.25) is 0 Å². The smallest absolute Gasteiger partial charge is 0.0699 e. The summed E-state index contributed by atoms with van der Waals surface area (Å²) in [6, 6.07) is 9.87. The van der Waals surface area contributed by atoms with E-state index in [1.807, 2.05) is 0 Å². The average molecular weight is 251 g/mol. The zero-order valence-electron chi connectivity index (χ0n) is 10.8. The Morgan fingerprint density at radius 1 is 1.16 bits per heavy atom. The summed E-state index contributed by atoms with van der Waals surface area (Å²) in [7, 11) is 0. The highest BCUT2D eigenvalue weighted by Crippen LogP contribution is 2.42. The van der Waals surface area contributed by atoms with Crippen molar-refractivity contribution < 1.29 is 0 Å². The molecule has 1 aromatic carbocycles. The molecule has 1 N–H and O–H groups in total. The number of piperazine rings is 1. The van der Waals surface area contributed by atoms with Crippen molar-refractivity contribution in [3.8, 4) is 0 Å². The van der Waals surface area contributed by atoms with Gasteiger partial charge in [0.2, 0.25) is 0 Å². The van der Waals surface area contributed by atoms with Crippen LogP contribution in [0.15, 0.2) is 30.3 Å². The lowest BCUT2D eigenvalue weighted by Crippen LogP contribution is -2.55. The van der Waals surface area contributed by atoms with Crippen molar-refractivity contribution in [2.75, 3.05) is 19.6 Å². The minimum Gasteiger partial charge on any atom is -0.319 e. The summed E-state index contributed by atoms with van der Waals surface area (Å²) in [5, 5.41) is 5.11. The lowest BCUT2D eigenvalue weighted by molar-refractivity contribution is 0.120. The quantitative estimate of drug-likeness (QED) is 0.773. The van der Waals surface area contributed by atoms with Gasteiger partial charge >= 0.3 is 0 Å². The molecule has 0 saturated carbocycles. The van der Waals surface area contributed by atoms with E-state index in [1.54, 1.807) is 5.56 Å². The normalized spacial score (nSPS) is 28.6. The van der Waals surface area contributed by atoms with Crippen molar-refractivity contribution in [2.24, 2.45) is 0 Å². The van der Waals surface area contributed by atoms with Gasteiger partial charge in [-0.3, -0.25) is 4.90 Å². The van der Waals surface area contributed by atoms with E-state index in [2.05, 4.69) is 51.3 Å². The van der Waals surface area contributed by atoms with Crippen LogP contribution in [-0.4, -0.2) is 35.1 Å². The number of aromatic nitrogens is 1. The van der Waals surface area contributed by atoms with Crippen LogP contribution in [0.25, 0.3) is 17.1 Å². The van der Waals surface area contributed by atoms with Crippen molar-refractivity contribution in [1.82, 2.24) is 14.8 Å². The molecule has 3 nitrogen and oxygen atoms in total. The van der Waals surface area contributed by atoms with Crippen LogP contribution in [0.3, 0.4) is 0 Å². The number of hydrogen-bond donors (Lipinski definition) is 1. The van der Waals surface area contributed by atoms with E-state index in [9.17, 15) is 0 Å². The van der Waals surface area contributed by atoms with E-state index in [0.29, 0.717) is 12.1 Å². The van der Waals surface area contributed by atoms with Crippen LogP contribution < -0.4 is 5.32 Å². The van der Waals surface area contributed by atoms with E-state index in [4.69, 9.17) is 0 Å². The van der Waals surface area contributed by atoms with Crippen molar-refractivity contribution in [2.45, 2.75) is 18.5 Å². The van der Waals surface area contributed by atoms with Crippen molar-refractivity contribution in [1.29, 1.82) is 0 Å². The molecule has 3 aliphatic heterocycles. The molecule has 3 heteroatoms. The Morgan fingerprint density at radius 3 is 3.11 bits per heavy atom. The first-order valence-electron chi connectivity index (χ1n) is 7.21. The zero-order chi connectivity index (χ0) is 12.4. The lowest BCUT2D eigenvalue weighted by atomic mass is 9.89. The summed E-state index contributed by atoms with van der Waals surface area (Å²) in [6.07, 6.45) is 5.80. The van der Waals surface area contributed by atoms with Gasteiger partial charge in [0.15, 0.2) is 0 Å². The number of para-hydroxylation sites is 1. The molecular weight excluding hydrogens is 234 g/mol. The molecule has 3 aliphatic rings. The molecule has 0 amide bonds. The lowest BCUT2D eigenvalue weighted by Gasteiger charge is -2.45. The fourth-order valence-electron chi connectivity index (χ4n) is 4.15. The number of fused-ring (bicyclic) bond motifs is 3. The third-order valence-electron chi connectivity index (χ3n) is 4.94. The maximum atomic E-state index is 3.66. The third kappa shape index (κ3) is 1.20. The SMILES string of the molecule is C1=Cn2c3c(c4ccccc42)CCN2CCN[C@H]1[C@H]32. The maximum Gasteiger partial charge on any atom is 0.0699 e. The van der Waals surface area contributed by atoms with Gasteiger partial charge in [-0.05, 0) is 24.1 Å². The van der Waals surface area contributed by atoms with E-state index < -0.39 is 0 Å². The highest BCUT2D eigenvalue weighted by molar-refractivity contribution is 5.88. The molecule has 5 rings (SSSR count). The van der Waals surface area contributed by atoms with Crippen LogP contribution in [0.4, 0.5) is 0 Å². The summed E-state index contributed by atoms with van der Waals surface area (Å²) in [5.41, 5.74) is 4.48. The van der Waals surface area contributed by atoms with Gasteiger partial charge in [0.1, 0.15) is 0 Å². The molecule has 19 heavy (non-hydrogen) atoms. The molecule has 0 unspecified atom stereocenters. The third-order valence-corrected chi connectivity index (χ3v) is 4.94. The predicted octanol–water partition coefficient (Wildman–Crippen LogP) is 2.00. The Labute approximate surface area is 112 Å². The highest BCUT2D eigenvalue weighted by Gasteiger charge is 2.40. The summed E-state index contributed by atoms with van der Waals surface area (Å²) in [4.78, 5) is 2.66. The van der Waals surface area contributed by atoms with Gasteiger partial charge in [-0.1, -0.05) is 18.2 Å². The Balaban J connectivity index is 1.87. The molecule has 1 aromatic heterocycles. The Kier molecular flexibility index (Phi) is 1.88. The molecule has 0 bridgehead atoms. The summed E-state index contributed by atoms with van der Waals surface area (Å²) < 4.78 is 2.42. The largest absolute Gasteiger partial charge is 0.319 e. The number of nitrogens with one attached hydrogen (secondary N) is 1. The zero-order valence-corrected chi connectivity index (χ0v) is 10.8. The molecule has 1 fully saturated rings. The Morgan fingerprint density at radius 2 is 2.11 bits per heavy atom. The average Bonchev–Trinajstić information content (AvgIpc) is 2.81. The number of nitrogens with zero attached hydrogens (tertiary/aromatic N) is 2. The van der Waals surface area contributed by atoms with Gasteiger partial charge in [0.25, 0.3) is 0 Å². The number of rotatable bonds is 0. The van der Waals surface area contributed by atoms with Crippen LogP contribution in [0.5, 0.6) is 0 Å². The van der Waals surface area contributed by atoms with Gasteiger partial charge < -0.3 is 9.88 Å². The first kappa shape index (κ1) is 10.2. The van der Waals surface area contributed by atoms with Crippen LogP contribution in [0.1, 0.15) is 17.3 Å². The first-order chi connectivity index (χ1) is 9.43. The second-order valence-electron chi connectivity index (χ2n) is 5.80. The Hall–Kier alpha value is -1.58. The summed E-state index contributed by atoms with van der Waals surface area (Å²) >= 11 is 0. The highest BCUT2D eigenvalue weighted by atomic mass is 15.3. The molecule has 2 aromatic rings. The van der Waals surface area contributed by atoms with Gasteiger partial charge in [0, 0.05) is 43.0 Å². The summed E-state index contributed by atoms with van der Waals surface area (Å²) in [6.45, 7) is 3.49. The Bertz CT molecular complexity index is 697. The van der Waals surface area contributed by atoms with E-state index >= 15 is 0 Å². The van der Waals surface area contributed by atoms with Crippen molar-refractivity contribution in [3.63, 3.8) is 0 Å². The van der Waals surface area contributed by atoms with Crippen LogP contribution in [-0.2, 0) is 6.42 Å². The topological polar surface area (TPSA) is 20.2 Å². The fraction of sp³-hybridized carbons (Fsp3) is 0.375. The molecule has 4 heterocycles. The van der Waals surface area contributed by atoms with E-state index in [1.165, 1.54) is 36.1 Å². The molecule has 0 aliphatic carbocycles. The standard InChI is InChI=1S/C16H17N3/c1-2-4-14-11(3-1)12-5-8-18-10-7-17-13-6-9-19(14)15(12)16(13)18/h1-4,6,9,13,16-17H,5,7-8,10H2/t13-,16-/m1/s1. The van der Waals surface area contributed by atoms with Crippen molar-refractivity contribution in [3.05, 3.63) is 41.6 Å². The molecule has 1 saturated heterocycles.